The Morgan fingerprint density at radius 2 is 1.85 bits per heavy atom. The van der Waals surface area contributed by atoms with E-state index in [0.717, 1.165) is 33.0 Å². The molecule has 0 aliphatic carbocycles. The lowest BCUT2D eigenvalue weighted by molar-refractivity contribution is 0.665. The lowest BCUT2D eigenvalue weighted by Crippen LogP contribution is -1.92. The van der Waals surface area contributed by atoms with E-state index < -0.39 is 0 Å². The number of halogens is 1. The van der Waals surface area contributed by atoms with Crippen LogP contribution in [-0.2, 0) is 0 Å². The van der Waals surface area contributed by atoms with Crippen molar-refractivity contribution in [1.29, 1.82) is 0 Å². The number of fused-ring (bicyclic) bond motifs is 4. The summed E-state index contributed by atoms with van der Waals surface area (Å²) in [7, 11) is 0. The molecule has 0 aliphatic heterocycles. The standard InChI is InChI=1S/C16H11NO2.ClH/c1-9-11-4-2-3-5-13(11)17-15-12-7-6-10(18)8-14(12)19-16(9)15;/h2-8,17H,1H3;1H. The molecule has 0 bridgehead atoms. The van der Waals surface area contributed by atoms with E-state index in [2.05, 4.69) is 11.1 Å². The molecule has 4 aromatic rings. The average Bonchev–Trinajstić information content (AvgIpc) is 2.77. The Morgan fingerprint density at radius 3 is 2.70 bits per heavy atom. The van der Waals surface area contributed by atoms with E-state index >= 15 is 0 Å². The number of aromatic amines is 1. The second-order valence-electron chi connectivity index (χ2n) is 4.76. The summed E-state index contributed by atoms with van der Waals surface area (Å²) in [6, 6.07) is 13.0. The van der Waals surface area contributed by atoms with Gasteiger partial charge in [0, 0.05) is 27.9 Å². The molecule has 0 aliphatic rings. The molecular weight excluding hydrogens is 274 g/mol. The van der Waals surface area contributed by atoms with Crippen molar-refractivity contribution in [3.8, 4) is 0 Å². The van der Waals surface area contributed by atoms with Crippen molar-refractivity contribution < 1.29 is 4.42 Å². The van der Waals surface area contributed by atoms with Crippen LogP contribution >= 0.6 is 12.4 Å². The summed E-state index contributed by atoms with van der Waals surface area (Å²) in [4.78, 5) is 14.8. The first-order valence-corrected chi connectivity index (χ1v) is 6.18. The topological polar surface area (TPSA) is 46.0 Å². The first-order chi connectivity index (χ1) is 9.24. The number of aromatic nitrogens is 1. The van der Waals surface area contributed by atoms with Gasteiger partial charge in [0.25, 0.3) is 0 Å². The minimum atomic E-state index is -0.0336. The van der Waals surface area contributed by atoms with Gasteiger partial charge in [0.1, 0.15) is 5.58 Å². The minimum Gasteiger partial charge on any atom is -0.454 e. The molecule has 2 aromatic carbocycles. The van der Waals surface area contributed by atoms with E-state index in [0.29, 0.717) is 5.58 Å². The van der Waals surface area contributed by atoms with E-state index in [-0.39, 0.29) is 17.8 Å². The molecule has 0 unspecified atom stereocenters. The van der Waals surface area contributed by atoms with E-state index in [4.69, 9.17) is 4.42 Å². The molecule has 0 fully saturated rings. The van der Waals surface area contributed by atoms with Crippen LogP contribution in [0, 0.1) is 6.92 Å². The zero-order valence-corrected chi connectivity index (χ0v) is 11.6. The normalized spacial score (nSPS) is 11.1. The van der Waals surface area contributed by atoms with Gasteiger partial charge in [0.2, 0.25) is 0 Å². The number of rotatable bonds is 0. The van der Waals surface area contributed by atoms with Crippen molar-refractivity contribution in [2.45, 2.75) is 6.92 Å². The molecule has 4 heteroatoms. The molecule has 20 heavy (non-hydrogen) atoms. The van der Waals surface area contributed by atoms with Gasteiger partial charge in [-0.25, -0.2) is 0 Å². The molecule has 4 rings (SSSR count). The second-order valence-corrected chi connectivity index (χ2v) is 4.76. The molecule has 2 heterocycles. The maximum atomic E-state index is 11.4. The number of aryl methyl sites for hydroxylation is 1. The van der Waals surface area contributed by atoms with Crippen molar-refractivity contribution >= 4 is 45.4 Å². The van der Waals surface area contributed by atoms with Crippen molar-refractivity contribution in [1.82, 2.24) is 4.98 Å². The fourth-order valence-corrected chi connectivity index (χ4v) is 2.64. The van der Waals surface area contributed by atoms with Crippen LogP contribution in [-0.4, -0.2) is 4.98 Å². The number of hydrogen-bond acceptors (Lipinski definition) is 2. The van der Waals surface area contributed by atoms with Crippen LogP contribution < -0.4 is 5.43 Å². The highest BCUT2D eigenvalue weighted by Crippen LogP contribution is 2.32. The number of nitrogens with one attached hydrogen (secondary N) is 1. The third-order valence-electron chi connectivity index (χ3n) is 3.59. The zero-order valence-electron chi connectivity index (χ0n) is 10.8. The Kier molecular flexibility index (Phi) is 2.80. The van der Waals surface area contributed by atoms with E-state index in [1.54, 1.807) is 6.07 Å². The third kappa shape index (κ3) is 1.63. The fourth-order valence-electron chi connectivity index (χ4n) is 2.64. The average molecular weight is 286 g/mol. The first kappa shape index (κ1) is 12.8. The van der Waals surface area contributed by atoms with Gasteiger partial charge in [-0.2, -0.15) is 0 Å². The monoisotopic (exact) mass is 285 g/mol. The lowest BCUT2D eigenvalue weighted by atomic mass is 10.1. The Labute approximate surface area is 120 Å². The van der Waals surface area contributed by atoms with Crippen LogP contribution in [0.4, 0.5) is 0 Å². The van der Waals surface area contributed by atoms with Gasteiger partial charge < -0.3 is 9.40 Å². The van der Waals surface area contributed by atoms with Gasteiger partial charge in [0.05, 0.1) is 5.52 Å². The molecule has 0 spiro atoms. The smallest absolute Gasteiger partial charge is 0.182 e. The number of para-hydroxylation sites is 1. The molecule has 0 saturated heterocycles. The first-order valence-electron chi connectivity index (χ1n) is 6.18. The summed E-state index contributed by atoms with van der Waals surface area (Å²) in [6.45, 7) is 2.04. The fraction of sp³-hybridized carbons (Fsp3) is 0.0625. The molecule has 3 nitrogen and oxygen atoms in total. The summed E-state index contributed by atoms with van der Waals surface area (Å²) in [6.07, 6.45) is 0. The highest BCUT2D eigenvalue weighted by molar-refractivity contribution is 6.07. The Balaban J connectivity index is 0.00000121. The molecule has 1 N–H and O–H groups in total. The lowest BCUT2D eigenvalue weighted by Gasteiger charge is -2.03. The summed E-state index contributed by atoms with van der Waals surface area (Å²) in [5, 5.41) is 2.08. The molecule has 0 amide bonds. The van der Waals surface area contributed by atoms with Crippen molar-refractivity contribution in [2.75, 3.05) is 0 Å². The zero-order chi connectivity index (χ0) is 13.0. The molecule has 0 saturated carbocycles. The van der Waals surface area contributed by atoms with Crippen molar-refractivity contribution in [3.63, 3.8) is 0 Å². The van der Waals surface area contributed by atoms with Crippen molar-refractivity contribution in [2.24, 2.45) is 0 Å². The van der Waals surface area contributed by atoms with Crippen LogP contribution in [0.5, 0.6) is 0 Å². The Bertz CT molecular complexity index is 998. The highest BCUT2D eigenvalue weighted by Gasteiger charge is 2.12. The number of hydrogen-bond donors (Lipinski definition) is 1. The van der Waals surface area contributed by atoms with Crippen LogP contribution in [0.3, 0.4) is 0 Å². The maximum Gasteiger partial charge on any atom is 0.182 e. The number of pyridine rings is 1. The molecule has 0 atom stereocenters. The Morgan fingerprint density at radius 1 is 1.05 bits per heavy atom. The van der Waals surface area contributed by atoms with Gasteiger partial charge in [-0.05, 0) is 25.1 Å². The summed E-state index contributed by atoms with van der Waals surface area (Å²) in [5.41, 5.74) is 4.53. The van der Waals surface area contributed by atoms with Gasteiger partial charge >= 0.3 is 0 Å². The molecular formula is C16H12ClNO2. The van der Waals surface area contributed by atoms with E-state index in [1.807, 2.05) is 31.2 Å². The highest BCUT2D eigenvalue weighted by atomic mass is 35.5. The number of H-pyrrole nitrogens is 1. The third-order valence-corrected chi connectivity index (χ3v) is 3.59. The summed E-state index contributed by atoms with van der Waals surface area (Å²) >= 11 is 0. The predicted molar refractivity (Wildman–Crippen MR) is 83.8 cm³/mol. The molecule has 2 aromatic heterocycles. The largest absolute Gasteiger partial charge is 0.454 e. The second kappa shape index (κ2) is 4.39. The summed E-state index contributed by atoms with van der Waals surface area (Å²) in [5.74, 6) is 0. The quantitative estimate of drug-likeness (QED) is 0.527. The van der Waals surface area contributed by atoms with Crippen LogP contribution in [0.1, 0.15) is 5.56 Å². The van der Waals surface area contributed by atoms with E-state index in [1.165, 1.54) is 6.07 Å². The van der Waals surface area contributed by atoms with Crippen LogP contribution in [0.25, 0.3) is 33.0 Å². The molecule has 0 radical (unpaired) electrons. The predicted octanol–water partition coefficient (Wildman–Crippen LogP) is 4.16. The molecule has 100 valence electrons. The van der Waals surface area contributed by atoms with Gasteiger partial charge in [-0.1, -0.05) is 18.2 Å². The van der Waals surface area contributed by atoms with E-state index in [9.17, 15) is 4.79 Å². The van der Waals surface area contributed by atoms with Gasteiger partial charge in [0.15, 0.2) is 11.0 Å². The maximum absolute atomic E-state index is 11.4. The number of benzene rings is 2. The Hall–Kier alpha value is -2.26. The van der Waals surface area contributed by atoms with Gasteiger partial charge in [-0.15, -0.1) is 12.4 Å². The number of furan rings is 1. The SMILES string of the molecule is Cc1c2ccccc2[nH]c2c1oc1cc(=O)ccc12.Cl. The van der Waals surface area contributed by atoms with Gasteiger partial charge in [-0.3, -0.25) is 4.79 Å². The van der Waals surface area contributed by atoms with Crippen molar-refractivity contribution in [3.05, 3.63) is 58.3 Å². The summed E-state index contributed by atoms with van der Waals surface area (Å²) < 4.78 is 5.84. The minimum absolute atomic E-state index is 0. The van der Waals surface area contributed by atoms with Crippen LogP contribution in [0.2, 0.25) is 0 Å². The van der Waals surface area contributed by atoms with Crippen LogP contribution in [0.15, 0.2) is 51.7 Å².